The molecule has 0 heterocycles. The molecule has 4 heteroatoms. The zero-order valence-corrected chi connectivity index (χ0v) is 12.4. The van der Waals surface area contributed by atoms with Crippen LogP contribution in [0.25, 0.3) is 0 Å². The number of aliphatic imine (C=N–C) groups is 1. The number of hydrogen-bond donors (Lipinski definition) is 2. The first kappa shape index (κ1) is 16.2. The zero-order chi connectivity index (χ0) is 13.3. The van der Waals surface area contributed by atoms with E-state index in [2.05, 4.69) is 62.2 Å². The van der Waals surface area contributed by atoms with E-state index >= 15 is 0 Å². The van der Waals surface area contributed by atoms with Gasteiger partial charge in [-0.05, 0) is 33.4 Å². The fourth-order valence-electron chi connectivity index (χ4n) is 1.19. The van der Waals surface area contributed by atoms with E-state index in [9.17, 15) is 0 Å². The minimum atomic E-state index is 0.441. The summed E-state index contributed by atoms with van der Waals surface area (Å²) in [6.07, 6.45) is 0. The molecule has 0 bridgehead atoms. The van der Waals surface area contributed by atoms with Gasteiger partial charge in [-0.2, -0.15) is 0 Å². The van der Waals surface area contributed by atoms with Crippen LogP contribution in [-0.2, 0) is 0 Å². The van der Waals surface area contributed by atoms with Gasteiger partial charge in [-0.3, -0.25) is 4.99 Å². The molecule has 0 amide bonds. The molecule has 0 aliphatic carbocycles. The second kappa shape index (κ2) is 9.28. The van der Waals surface area contributed by atoms with Gasteiger partial charge in [0.25, 0.3) is 0 Å². The average molecular weight is 242 g/mol. The summed E-state index contributed by atoms with van der Waals surface area (Å²) in [6.45, 7) is 14.7. The lowest BCUT2D eigenvalue weighted by Crippen LogP contribution is -2.44. The van der Waals surface area contributed by atoms with Gasteiger partial charge in [-0.1, -0.05) is 20.8 Å². The maximum absolute atomic E-state index is 4.58. The Morgan fingerprint density at radius 3 is 2.35 bits per heavy atom. The molecule has 102 valence electrons. The Morgan fingerprint density at radius 2 is 1.88 bits per heavy atom. The van der Waals surface area contributed by atoms with Gasteiger partial charge in [0.05, 0.1) is 6.54 Å². The zero-order valence-electron chi connectivity index (χ0n) is 12.4. The molecule has 0 aromatic carbocycles. The summed E-state index contributed by atoms with van der Waals surface area (Å²) in [6, 6.07) is 0.441. The third kappa shape index (κ3) is 8.02. The van der Waals surface area contributed by atoms with E-state index in [-0.39, 0.29) is 0 Å². The minimum absolute atomic E-state index is 0.441. The molecule has 0 aromatic heterocycles. The fourth-order valence-corrected chi connectivity index (χ4v) is 1.19. The smallest absolute Gasteiger partial charge is 0.191 e. The summed E-state index contributed by atoms with van der Waals surface area (Å²) in [5.41, 5.74) is 0. The standard InChI is InChI=1S/C13H30N4/c1-7-14-13(16-12(5)11(3)4)15-9-10-17(6)8-2/h11-12H,7-10H2,1-6H3,(H2,14,15,16). The van der Waals surface area contributed by atoms with Crippen LogP contribution in [0.1, 0.15) is 34.6 Å². The van der Waals surface area contributed by atoms with Crippen molar-refractivity contribution >= 4 is 5.96 Å². The molecular weight excluding hydrogens is 212 g/mol. The molecule has 0 aromatic rings. The topological polar surface area (TPSA) is 39.7 Å². The Bertz CT molecular complexity index is 213. The van der Waals surface area contributed by atoms with E-state index in [4.69, 9.17) is 0 Å². The lowest BCUT2D eigenvalue weighted by Gasteiger charge is -2.21. The number of likely N-dealkylation sites (N-methyl/N-ethyl adjacent to an activating group) is 1. The largest absolute Gasteiger partial charge is 0.357 e. The SMILES string of the molecule is CCNC(=NCCN(C)CC)NC(C)C(C)C. The van der Waals surface area contributed by atoms with Crippen LogP contribution in [0, 0.1) is 5.92 Å². The van der Waals surface area contributed by atoms with Crippen molar-refractivity contribution in [2.45, 2.75) is 40.7 Å². The van der Waals surface area contributed by atoms with Crippen LogP contribution in [0.3, 0.4) is 0 Å². The van der Waals surface area contributed by atoms with Crippen molar-refractivity contribution in [2.75, 3.05) is 33.2 Å². The van der Waals surface area contributed by atoms with Gasteiger partial charge >= 0.3 is 0 Å². The highest BCUT2D eigenvalue weighted by Crippen LogP contribution is 1.99. The van der Waals surface area contributed by atoms with Gasteiger partial charge in [0, 0.05) is 19.1 Å². The van der Waals surface area contributed by atoms with Crippen molar-refractivity contribution in [1.82, 2.24) is 15.5 Å². The summed E-state index contributed by atoms with van der Waals surface area (Å²) >= 11 is 0. The van der Waals surface area contributed by atoms with Crippen LogP contribution >= 0.6 is 0 Å². The van der Waals surface area contributed by atoms with Gasteiger partial charge in [-0.15, -0.1) is 0 Å². The number of nitrogens with zero attached hydrogens (tertiary/aromatic N) is 2. The fraction of sp³-hybridized carbons (Fsp3) is 0.923. The van der Waals surface area contributed by atoms with Crippen LogP contribution in [-0.4, -0.2) is 50.1 Å². The Balaban J connectivity index is 4.16. The van der Waals surface area contributed by atoms with Crippen molar-refractivity contribution in [3.8, 4) is 0 Å². The summed E-state index contributed by atoms with van der Waals surface area (Å²) in [7, 11) is 2.12. The first-order chi connectivity index (χ1) is 8.01. The predicted molar refractivity (Wildman–Crippen MR) is 76.6 cm³/mol. The van der Waals surface area contributed by atoms with Crippen LogP contribution in [0.2, 0.25) is 0 Å². The van der Waals surface area contributed by atoms with E-state index in [1.54, 1.807) is 0 Å². The second-order valence-corrected chi connectivity index (χ2v) is 4.83. The molecule has 1 unspecified atom stereocenters. The lowest BCUT2D eigenvalue weighted by atomic mass is 10.1. The van der Waals surface area contributed by atoms with Crippen LogP contribution in [0.5, 0.6) is 0 Å². The third-order valence-corrected chi connectivity index (χ3v) is 3.00. The predicted octanol–water partition coefficient (Wildman–Crippen LogP) is 1.54. The number of hydrogen-bond acceptors (Lipinski definition) is 2. The molecule has 0 aliphatic heterocycles. The molecule has 2 N–H and O–H groups in total. The summed E-state index contributed by atoms with van der Waals surface area (Å²) < 4.78 is 0. The highest BCUT2D eigenvalue weighted by molar-refractivity contribution is 5.80. The Morgan fingerprint density at radius 1 is 1.24 bits per heavy atom. The Hall–Kier alpha value is -0.770. The number of guanidine groups is 1. The quantitative estimate of drug-likeness (QED) is 0.525. The summed E-state index contributed by atoms with van der Waals surface area (Å²) in [5.74, 6) is 1.54. The van der Waals surface area contributed by atoms with Crippen molar-refractivity contribution in [2.24, 2.45) is 10.9 Å². The molecule has 0 aliphatic rings. The maximum atomic E-state index is 4.58. The molecule has 4 nitrogen and oxygen atoms in total. The highest BCUT2D eigenvalue weighted by Gasteiger charge is 2.08. The van der Waals surface area contributed by atoms with E-state index in [1.165, 1.54) is 0 Å². The van der Waals surface area contributed by atoms with Crippen LogP contribution in [0.4, 0.5) is 0 Å². The normalized spacial score (nSPS) is 14.2. The summed E-state index contributed by atoms with van der Waals surface area (Å²) in [4.78, 5) is 6.84. The molecule has 17 heavy (non-hydrogen) atoms. The Labute approximate surface area is 107 Å². The first-order valence-corrected chi connectivity index (χ1v) is 6.74. The van der Waals surface area contributed by atoms with Crippen LogP contribution in [0.15, 0.2) is 4.99 Å². The van der Waals surface area contributed by atoms with Gasteiger partial charge < -0.3 is 15.5 Å². The van der Waals surface area contributed by atoms with Crippen molar-refractivity contribution in [3.05, 3.63) is 0 Å². The van der Waals surface area contributed by atoms with Crippen molar-refractivity contribution in [1.29, 1.82) is 0 Å². The summed E-state index contributed by atoms with van der Waals surface area (Å²) in [5, 5.41) is 6.71. The second-order valence-electron chi connectivity index (χ2n) is 4.83. The minimum Gasteiger partial charge on any atom is -0.357 e. The number of rotatable bonds is 7. The molecule has 0 fully saturated rings. The van der Waals surface area contributed by atoms with Gasteiger partial charge in [0.15, 0.2) is 5.96 Å². The van der Waals surface area contributed by atoms with Crippen molar-refractivity contribution in [3.63, 3.8) is 0 Å². The molecule has 0 rings (SSSR count). The first-order valence-electron chi connectivity index (χ1n) is 6.74. The van der Waals surface area contributed by atoms with Gasteiger partial charge in [0.1, 0.15) is 0 Å². The van der Waals surface area contributed by atoms with Crippen molar-refractivity contribution < 1.29 is 0 Å². The lowest BCUT2D eigenvalue weighted by molar-refractivity contribution is 0.363. The highest BCUT2D eigenvalue weighted by atomic mass is 15.2. The van der Waals surface area contributed by atoms with Gasteiger partial charge in [-0.25, -0.2) is 0 Å². The van der Waals surface area contributed by atoms with E-state index in [0.717, 1.165) is 32.1 Å². The molecule has 0 spiro atoms. The van der Waals surface area contributed by atoms with E-state index in [1.807, 2.05) is 0 Å². The average Bonchev–Trinajstić information content (AvgIpc) is 2.28. The molecule has 1 atom stereocenters. The third-order valence-electron chi connectivity index (χ3n) is 3.00. The Kier molecular flexibility index (Phi) is 8.86. The monoisotopic (exact) mass is 242 g/mol. The van der Waals surface area contributed by atoms with Crippen LogP contribution < -0.4 is 10.6 Å². The van der Waals surface area contributed by atoms with Gasteiger partial charge in [0.2, 0.25) is 0 Å². The maximum Gasteiger partial charge on any atom is 0.191 e. The van der Waals surface area contributed by atoms with E-state index < -0.39 is 0 Å². The molecular formula is C13H30N4. The molecule has 0 radical (unpaired) electrons. The molecule has 0 saturated carbocycles. The molecule has 0 saturated heterocycles. The number of nitrogens with one attached hydrogen (secondary N) is 2. The van der Waals surface area contributed by atoms with E-state index in [0.29, 0.717) is 12.0 Å².